The molecule has 20 heavy (non-hydrogen) atoms. The van der Waals surface area contributed by atoms with Crippen LogP contribution in [0.1, 0.15) is 19.4 Å². The maximum Gasteiger partial charge on any atom is 0.243 e. The van der Waals surface area contributed by atoms with Crippen LogP contribution in [0.2, 0.25) is 0 Å². The predicted molar refractivity (Wildman–Crippen MR) is 80.8 cm³/mol. The average Bonchev–Trinajstić information content (AvgIpc) is 2.32. The van der Waals surface area contributed by atoms with Crippen LogP contribution in [0.25, 0.3) is 0 Å². The molecule has 2 N–H and O–H groups in total. The molecule has 0 amide bonds. The van der Waals surface area contributed by atoms with Crippen LogP contribution in [-0.2, 0) is 10.0 Å². The van der Waals surface area contributed by atoms with Crippen molar-refractivity contribution in [2.75, 3.05) is 24.6 Å². The Bertz CT molecular complexity index is 630. The molecule has 0 unspecified atom stereocenters. The van der Waals surface area contributed by atoms with Gasteiger partial charge in [-0.3, -0.25) is 0 Å². The van der Waals surface area contributed by atoms with E-state index in [1.165, 1.54) is 17.3 Å². The molecule has 1 fully saturated rings. The number of nitrogens with two attached hydrogens (primary N) is 1. The normalized spacial score (nSPS) is 20.0. The van der Waals surface area contributed by atoms with E-state index in [9.17, 15) is 12.8 Å². The minimum atomic E-state index is -3.71. The summed E-state index contributed by atoms with van der Waals surface area (Å²) in [7, 11) is -3.71. The average molecular weight is 318 g/mol. The molecule has 0 spiro atoms. The molecule has 1 aromatic carbocycles. The first kappa shape index (κ1) is 15.6. The molecule has 0 aromatic heterocycles. The van der Waals surface area contributed by atoms with E-state index in [1.807, 2.05) is 13.8 Å². The summed E-state index contributed by atoms with van der Waals surface area (Å²) in [5.41, 5.74) is 5.82. The van der Waals surface area contributed by atoms with Crippen molar-refractivity contribution in [3.05, 3.63) is 23.5 Å². The maximum absolute atomic E-state index is 13.7. The summed E-state index contributed by atoms with van der Waals surface area (Å²) in [6, 6.07) is 2.48. The van der Waals surface area contributed by atoms with Gasteiger partial charge >= 0.3 is 0 Å². The Labute approximate surface area is 123 Å². The maximum atomic E-state index is 13.7. The fraction of sp³-hybridized carbons (Fsp3) is 0.538. The summed E-state index contributed by atoms with van der Waals surface area (Å²) in [6.07, 6.45) is 0. The van der Waals surface area contributed by atoms with Gasteiger partial charge in [-0.1, -0.05) is 0 Å². The highest BCUT2D eigenvalue weighted by atomic mass is 32.2. The first-order valence-corrected chi connectivity index (χ1v) is 8.76. The second kappa shape index (κ2) is 5.20. The second-order valence-corrected chi connectivity index (χ2v) is 9.28. The zero-order valence-corrected chi connectivity index (χ0v) is 13.4. The van der Waals surface area contributed by atoms with Crippen LogP contribution in [0.4, 0.5) is 10.1 Å². The molecule has 1 aliphatic rings. The number of nitrogen functional groups attached to an aromatic ring is 1. The number of anilines is 1. The molecule has 1 aromatic rings. The van der Waals surface area contributed by atoms with Gasteiger partial charge in [0.25, 0.3) is 0 Å². The topological polar surface area (TPSA) is 63.4 Å². The van der Waals surface area contributed by atoms with E-state index in [1.54, 1.807) is 11.8 Å². The summed E-state index contributed by atoms with van der Waals surface area (Å²) in [5.74, 6) is 0.144. The van der Waals surface area contributed by atoms with Crippen LogP contribution in [-0.4, -0.2) is 36.3 Å². The quantitative estimate of drug-likeness (QED) is 0.849. The molecular formula is C13H19FN2O2S2. The first-order chi connectivity index (χ1) is 9.13. The second-order valence-electron chi connectivity index (χ2n) is 5.57. The molecule has 0 bridgehead atoms. The van der Waals surface area contributed by atoms with Crippen molar-refractivity contribution in [3.63, 3.8) is 0 Å². The monoisotopic (exact) mass is 318 g/mol. The van der Waals surface area contributed by atoms with Gasteiger partial charge in [-0.15, -0.1) is 0 Å². The molecular weight excluding hydrogens is 299 g/mol. The summed E-state index contributed by atoms with van der Waals surface area (Å²) in [4.78, 5) is -0.0299. The lowest BCUT2D eigenvalue weighted by Crippen LogP contribution is -2.46. The number of thioether (sulfide) groups is 1. The Morgan fingerprint density at radius 2 is 2.05 bits per heavy atom. The summed E-state index contributed by atoms with van der Waals surface area (Å²) >= 11 is 1.74. The third-order valence-corrected chi connectivity index (χ3v) is 6.60. The van der Waals surface area contributed by atoms with Gasteiger partial charge in [-0.05, 0) is 32.9 Å². The van der Waals surface area contributed by atoms with Gasteiger partial charge in [0, 0.05) is 34.8 Å². The van der Waals surface area contributed by atoms with E-state index in [0.29, 0.717) is 13.1 Å². The van der Waals surface area contributed by atoms with Crippen LogP contribution < -0.4 is 5.73 Å². The van der Waals surface area contributed by atoms with E-state index in [4.69, 9.17) is 5.73 Å². The van der Waals surface area contributed by atoms with Crippen molar-refractivity contribution in [2.24, 2.45) is 0 Å². The standard InChI is InChI=1S/C13H19FN2O2S2/c1-9-11(14)6-10(15)7-12(9)20(17,18)16-4-5-19-13(2,3)8-16/h6-7H,4-5,8,15H2,1-3H3. The number of benzene rings is 1. The van der Waals surface area contributed by atoms with Gasteiger partial charge in [0.15, 0.2) is 0 Å². The zero-order valence-electron chi connectivity index (χ0n) is 11.8. The predicted octanol–water partition coefficient (Wildman–Crippen LogP) is 2.23. The Morgan fingerprint density at radius 1 is 1.40 bits per heavy atom. The molecule has 0 radical (unpaired) electrons. The van der Waals surface area contributed by atoms with Gasteiger partial charge < -0.3 is 5.73 Å². The third-order valence-electron chi connectivity index (χ3n) is 3.33. The van der Waals surface area contributed by atoms with Crippen LogP contribution in [0.3, 0.4) is 0 Å². The third kappa shape index (κ3) is 2.94. The van der Waals surface area contributed by atoms with E-state index in [2.05, 4.69) is 0 Å². The molecule has 2 rings (SSSR count). The van der Waals surface area contributed by atoms with Crippen molar-refractivity contribution in [1.82, 2.24) is 4.31 Å². The molecule has 112 valence electrons. The lowest BCUT2D eigenvalue weighted by molar-refractivity contribution is 0.387. The van der Waals surface area contributed by atoms with Gasteiger partial charge in [-0.2, -0.15) is 16.1 Å². The van der Waals surface area contributed by atoms with E-state index in [-0.39, 0.29) is 20.9 Å². The fourth-order valence-electron chi connectivity index (χ4n) is 2.26. The SMILES string of the molecule is Cc1c(F)cc(N)cc1S(=O)(=O)N1CCSC(C)(C)C1. The first-order valence-electron chi connectivity index (χ1n) is 6.33. The van der Waals surface area contributed by atoms with E-state index >= 15 is 0 Å². The highest BCUT2D eigenvalue weighted by Gasteiger charge is 2.35. The Balaban J connectivity index is 2.46. The highest BCUT2D eigenvalue weighted by molar-refractivity contribution is 8.00. The van der Waals surface area contributed by atoms with Crippen LogP contribution >= 0.6 is 11.8 Å². The summed E-state index contributed by atoms with van der Waals surface area (Å²) in [5, 5.41) is 0. The van der Waals surface area contributed by atoms with Crippen molar-refractivity contribution >= 4 is 27.5 Å². The number of hydrogen-bond donors (Lipinski definition) is 1. The Kier molecular flexibility index (Phi) is 4.05. The van der Waals surface area contributed by atoms with Gasteiger partial charge in [0.05, 0.1) is 4.90 Å². The minimum absolute atomic E-state index is 0.0299. The molecule has 1 heterocycles. The summed E-state index contributed by atoms with van der Waals surface area (Å²) < 4.78 is 40.4. The number of halogens is 1. The van der Waals surface area contributed by atoms with Crippen molar-refractivity contribution in [3.8, 4) is 0 Å². The van der Waals surface area contributed by atoms with Crippen LogP contribution in [0.15, 0.2) is 17.0 Å². The minimum Gasteiger partial charge on any atom is -0.399 e. The molecule has 1 aliphatic heterocycles. The lowest BCUT2D eigenvalue weighted by atomic mass is 10.2. The van der Waals surface area contributed by atoms with Gasteiger partial charge in [0.1, 0.15) is 5.82 Å². The zero-order chi connectivity index (χ0) is 15.1. The summed E-state index contributed by atoms with van der Waals surface area (Å²) in [6.45, 7) is 6.33. The van der Waals surface area contributed by atoms with Crippen LogP contribution in [0.5, 0.6) is 0 Å². The Morgan fingerprint density at radius 3 is 2.65 bits per heavy atom. The lowest BCUT2D eigenvalue weighted by Gasteiger charge is -2.36. The number of hydrogen-bond acceptors (Lipinski definition) is 4. The molecule has 7 heteroatoms. The highest BCUT2D eigenvalue weighted by Crippen LogP contribution is 2.33. The molecule has 4 nitrogen and oxygen atoms in total. The fourth-order valence-corrected chi connectivity index (χ4v) is 5.44. The van der Waals surface area contributed by atoms with Crippen LogP contribution in [0, 0.1) is 12.7 Å². The number of nitrogens with zero attached hydrogens (tertiary/aromatic N) is 1. The van der Waals surface area contributed by atoms with E-state index in [0.717, 1.165) is 11.8 Å². The van der Waals surface area contributed by atoms with Crippen molar-refractivity contribution in [2.45, 2.75) is 30.4 Å². The van der Waals surface area contributed by atoms with Crippen molar-refractivity contribution < 1.29 is 12.8 Å². The Hall–Kier alpha value is -0.790. The molecule has 0 saturated carbocycles. The van der Waals surface area contributed by atoms with E-state index < -0.39 is 15.8 Å². The molecule has 0 aliphatic carbocycles. The molecule has 1 saturated heterocycles. The number of sulfonamides is 1. The van der Waals surface area contributed by atoms with Crippen molar-refractivity contribution in [1.29, 1.82) is 0 Å². The largest absolute Gasteiger partial charge is 0.399 e. The number of rotatable bonds is 2. The van der Waals surface area contributed by atoms with Gasteiger partial charge in [0.2, 0.25) is 10.0 Å². The smallest absolute Gasteiger partial charge is 0.243 e. The molecule has 0 atom stereocenters. The van der Waals surface area contributed by atoms with Gasteiger partial charge in [-0.25, -0.2) is 12.8 Å².